The number of hydrogen-bond donors (Lipinski definition) is 0. The Bertz CT molecular complexity index is 676. The normalized spacial score (nSPS) is 11.6. The average Bonchev–Trinajstić information content (AvgIpc) is 2.70. The van der Waals surface area contributed by atoms with Gasteiger partial charge in [-0.25, -0.2) is 4.79 Å². The summed E-state index contributed by atoms with van der Waals surface area (Å²) in [6, 6.07) is 9.45. The van der Waals surface area contributed by atoms with E-state index >= 15 is 0 Å². The van der Waals surface area contributed by atoms with E-state index in [1.54, 1.807) is 13.8 Å². The van der Waals surface area contributed by atoms with E-state index in [0.717, 1.165) is 24.8 Å². The maximum absolute atomic E-state index is 12.6. The molecule has 0 saturated carbocycles. The minimum absolute atomic E-state index is 0.0686. The fourth-order valence-electron chi connectivity index (χ4n) is 3.10. The van der Waals surface area contributed by atoms with Crippen LogP contribution in [0.2, 0.25) is 0 Å². The van der Waals surface area contributed by atoms with Crippen molar-refractivity contribution in [2.24, 2.45) is 0 Å². The van der Waals surface area contributed by atoms with Gasteiger partial charge in [0.25, 0.3) is 10.1 Å². The van der Waals surface area contributed by atoms with Crippen molar-refractivity contribution in [2.75, 3.05) is 18.8 Å². The molecule has 0 aliphatic heterocycles. The van der Waals surface area contributed by atoms with Gasteiger partial charge in [0.15, 0.2) is 0 Å². The number of nitrogens with zero attached hydrogens (tertiary/aromatic N) is 1. The Balaban J connectivity index is 2.50. The third-order valence-corrected chi connectivity index (χ3v) is 6.06. The van der Waals surface area contributed by atoms with Crippen molar-refractivity contribution >= 4 is 16.2 Å². The van der Waals surface area contributed by atoms with Crippen LogP contribution in [0.3, 0.4) is 0 Å². The number of ether oxygens (including phenoxy) is 1. The summed E-state index contributed by atoms with van der Waals surface area (Å²) in [4.78, 5) is 14.0. The summed E-state index contributed by atoms with van der Waals surface area (Å²) in [7, 11) is -3.67. The summed E-state index contributed by atoms with van der Waals surface area (Å²) in [6.45, 7) is 6.27. The van der Waals surface area contributed by atoms with Crippen molar-refractivity contribution in [3.63, 3.8) is 0 Å². The molecular formula is C23H39NO5S. The second-order valence-electron chi connectivity index (χ2n) is 7.91. The van der Waals surface area contributed by atoms with Gasteiger partial charge in [-0.05, 0) is 25.8 Å². The Hall–Kier alpha value is -1.60. The molecule has 0 N–H and O–H groups in total. The molecule has 0 unspecified atom stereocenters. The SMILES string of the molecule is CCCCCCCCCCN(CCS(=O)(=O)OC(C)C)C(=O)OCc1ccccc1. The summed E-state index contributed by atoms with van der Waals surface area (Å²) < 4.78 is 34.5. The van der Waals surface area contributed by atoms with E-state index in [0.29, 0.717) is 6.54 Å². The van der Waals surface area contributed by atoms with Crippen LogP contribution in [0.1, 0.15) is 77.7 Å². The van der Waals surface area contributed by atoms with Crippen LogP contribution in [-0.4, -0.2) is 44.4 Å². The molecule has 1 rings (SSSR count). The molecule has 0 saturated heterocycles. The average molecular weight is 442 g/mol. The predicted octanol–water partition coefficient (Wildman–Crippen LogP) is 5.52. The minimum atomic E-state index is -3.67. The smallest absolute Gasteiger partial charge is 0.410 e. The van der Waals surface area contributed by atoms with E-state index < -0.39 is 22.3 Å². The molecule has 7 heteroatoms. The number of rotatable bonds is 16. The van der Waals surface area contributed by atoms with Gasteiger partial charge in [0.05, 0.1) is 11.9 Å². The summed E-state index contributed by atoms with van der Waals surface area (Å²) >= 11 is 0. The largest absolute Gasteiger partial charge is 0.445 e. The van der Waals surface area contributed by atoms with Crippen molar-refractivity contribution in [1.82, 2.24) is 4.90 Å². The lowest BCUT2D eigenvalue weighted by Crippen LogP contribution is -2.37. The van der Waals surface area contributed by atoms with Crippen LogP contribution >= 0.6 is 0 Å². The topological polar surface area (TPSA) is 72.9 Å². The van der Waals surface area contributed by atoms with E-state index in [1.165, 1.54) is 37.0 Å². The fourth-order valence-corrected chi connectivity index (χ4v) is 4.23. The van der Waals surface area contributed by atoms with Crippen LogP contribution in [0.5, 0.6) is 0 Å². The second kappa shape index (κ2) is 15.2. The van der Waals surface area contributed by atoms with Crippen LogP contribution in [0, 0.1) is 0 Å². The van der Waals surface area contributed by atoms with Crippen LogP contribution in [0.15, 0.2) is 30.3 Å². The van der Waals surface area contributed by atoms with E-state index in [9.17, 15) is 13.2 Å². The predicted molar refractivity (Wildman–Crippen MR) is 121 cm³/mol. The Morgan fingerprint density at radius 2 is 1.53 bits per heavy atom. The zero-order valence-corrected chi connectivity index (χ0v) is 19.7. The molecule has 1 aromatic rings. The number of hydrogen-bond acceptors (Lipinski definition) is 5. The highest BCUT2D eigenvalue weighted by molar-refractivity contribution is 7.86. The highest BCUT2D eigenvalue weighted by atomic mass is 32.2. The van der Waals surface area contributed by atoms with Crippen molar-refractivity contribution in [2.45, 2.75) is 84.8 Å². The van der Waals surface area contributed by atoms with Crippen LogP contribution in [-0.2, 0) is 25.6 Å². The molecule has 0 atom stereocenters. The molecular weight excluding hydrogens is 402 g/mol. The van der Waals surface area contributed by atoms with E-state index in [1.807, 2.05) is 30.3 Å². The van der Waals surface area contributed by atoms with Crippen LogP contribution in [0.4, 0.5) is 4.79 Å². The van der Waals surface area contributed by atoms with E-state index in [2.05, 4.69) is 6.92 Å². The van der Waals surface area contributed by atoms with Crippen molar-refractivity contribution in [1.29, 1.82) is 0 Å². The summed E-state index contributed by atoms with van der Waals surface area (Å²) in [5.74, 6) is -0.233. The number of unbranched alkanes of at least 4 members (excludes halogenated alkanes) is 7. The molecule has 30 heavy (non-hydrogen) atoms. The molecule has 0 spiro atoms. The molecule has 0 bridgehead atoms. The second-order valence-corrected chi connectivity index (χ2v) is 9.62. The lowest BCUT2D eigenvalue weighted by molar-refractivity contribution is 0.0973. The van der Waals surface area contributed by atoms with E-state index in [-0.39, 0.29) is 18.9 Å². The van der Waals surface area contributed by atoms with Crippen LogP contribution in [0.25, 0.3) is 0 Å². The van der Waals surface area contributed by atoms with Gasteiger partial charge in [-0.3, -0.25) is 4.18 Å². The Kier molecular flexibility index (Phi) is 13.4. The standard InChI is InChI=1S/C23H39NO5S/c1-4-5-6-7-8-9-10-14-17-24(18-19-30(26,27)29-21(2)3)23(25)28-20-22-15-12-11-13-16-22/h11-13,15-16,21H,4-10,14,17-20H2,1-3H3. The van der Waals surface area contributed by atoms with Gasteiger partial charge in [0, 0.05) is 13.1 Å². The Morgan fingerprint density at radius 3 is 2.13 bits per heavy atom. The lowest BCUT2D eigenvalue weighted by Gasteiger charge is -2.22. The lowest BCUT2D eigenvalue weighted by atomic mass is 10.1. The first-order valence-electron chi connectivity index (χ1n) is 11.2. The number of benzene rings is 1. The summed E-state index contributed by atoms with van der Waals surface area (Å²) in [5.41, 5.74) is 0.897. The first-order valence-corrected chi connectivity index (χ1v) is 12.8. The molecule has 0 aromatic heterocycles. The molecule has 1 amide bonds. The first kappa shape index (κ1) is 26.4. The van der Waals surface area contributed by atoms with E-state index in [4.69, 9.17) is 8.92 Å². The van der Waals surface area contributed by atoms with Crippen LogP contribution < -0.4 is 0 Å². The van der Waals surface area contributed by atoms with Gasteiger partial charge in [0.2, 0.25) is 0 Å². The zero-order chi connectivity index (χ0) is 22.2. The van der Waals surface area contributed by atoms with Gasteiger partial charge < -0.3 is 9.64 Å². The quantitative estimate of drug-likeness (QED) is 0.249. The summed E-state index contributed by atoms with van der Waals surface area (Å²) in [6.07, 6.45) is 8.34. The third-order valence-electron chi connectivity index (χ3n) is 4.70. The van der Waals surface area contributed by atoms with Crippen molar-refractivity contribution < 1.29 is 22.1 Å². The molecule has 1 aromatic carbocycles. The maximum atomic E-state index is 12.6. The minimum Gasteiger partial charge on any atom is -0.445 e. The molecule has 0 radical (unpaired) electrons. The molecule has 6 nitrogen and oxygen atoms in total. The number of carbonyl (C=O) groups is 1. The fraction of sp³-hybridized carbons (Fsp3) is 0.696. The maximum Gasteiger partial charge on any atom is 0.410 e. The molecule has 0 aliphatic rings. The highest BCUT2D eigenvalue weighted by Crippen LogP contribution is 2.11. The molecule has 0 aliphatic carbocycles. The molecule has 172 valence electrons. The third kappa shape index (κ3) is 12.9. The first-order chi connectivity index (χ1) is 14.3. The Labute approximate surface area is 183 Å². The Morgan fingerprint density at radius 1 is 0.933 bits per heavy atom. The summed E-state index contributed by atoms with van der Waals surface area (Å²) in [5, 5.41) is 0. The van der Waals surface area contributed by atoms with Gasteiger partial charge in [-0.15, -0.1) is 0 Å². The monoisotopic (exact) mass is 441 g/mol. The van der Waals surface area contributed by atoms with Gasteiger partial charge in [-0.1, -0.05) is 82.2 Å². The van der Waals surface area contributed by atoms with Gasteiger partial charge >= 0.3 is 6.09 Å². The van der Waals surface area contributed by atoms with Crippen molar-refractivity contribution in [3.8, 4) is 0 Å². The van der Waals surface area contributed by atoms with Crippen molar-refractivity contribution in [3.05, 3.63) is 35.9 Å². The van der Waals surface area contributed by atoms with Gasteiger partial charge in [-0.2, -0.15) is 8.42 Å². The zero-order valence-electron chi connectivity index (χ0n) is 18.8. The molecule has 0 fully saturated rings. The number of carbonyl (C=O) groups excluding carboxylic acids is 1. The molecule has 0 heterocycles. The highest BCUT2D eigenvalue weighted by Gasteiger charge is 2.20. The van der Waals surface area contributed by atoms with Gasteiger partial charge in [0.1, 0.15) is 6.61 Å². The number of amides is 1.